The normalized spacial score (nSPS) is 21.5. The van der Waals surface area contributed by atoms with Crippen molar-refractivity contribution < 1.29 is 4.79 Å². The van der Waals surface area contributed by atoms with Crippen LogP contribution in [0.25, 0.3) is 0 Å². The molecule has 0 saturated carbocycles. The number of amides is 1. The standard InChI is InChI=1S/C20H31N3OS/c1-16-6-4-5-7-18(16)19(21(2)3)20(24)23-10-8-17(9-11-23)22-12-14-25-15-13-22/h4-7,17,19H,8-15H2,1-3H3/t19-/m0/s1. The van der Waals surface area contributed by atoms with E-state index in [0.717, 1.165) is 31.5 Å². The molecule has 1 aromatic carbocycles. The summed E-state index contributed by atoms with van der Waals surface area (Å²) in [6.07, 6.45) is 2.23. The van der Waals surface area contributed by atoms with Crippen LogP contribution < -0.4 is 0 Å². The molecule has 4 nitrogen and oxygen atoms in total. The van der Waals surface area contributed by atoms with Crippen LogP contribution in [-0.4, -0.2) is 78.4 Å². The number of hydrogen-bond donors (Lipinski definition) is 0. The summed E-state index contributed by atoms with van der Waals surface area (Å²) >= 11 is 2.06. The Labute approximate surface area is 156 Å². The molecule has 1 atom stereocenters. The van der Waals surface area contributed by atoms with E-state index >= 15 is 0 Å². The van der Waals surface area contributed by atoms with Gasteiger partial charge in [0.2, 0.25) is 5.91 Å². The van der Waals surface area contributed by atoms with Crippen LogP contribution in [0.2, 0.25) is 0 Å². The first-order valence-electron chi connectivity index (χ1n) is 9.40. The SMILES string of the molecule is Cc1ccccc1[C@@H](C(=O)N1CCC(N2CCSCC2)CC1)N(C)C. The summed E-state index contributed by atoms with van der Waals surface area (Å²) < 4.78 is 0. The minimum atomic E-state index is -0.177. The fraction of sp³-hybridized carbons (Fsp3) is 0.650. The first kappa shape index (κ1) is 18.7. The molecular weight excluding hydrogens is 330 g/mol. The maximum Gasteiger partial charge on any atom is 0.244 e. The average Bonchev–Trinajstić information content (AvgIpc) is 2.64. The van der Waals surface area contributed by atoms with Crippen molar-refractivity contribution in [1.82, 2.24) is 14.7 Å². The van der Waals surface area contributed by atoms with Gasteiger partial charge in [-0.05, 0) is 45.0 Å². The Hall–Kier alpha value is -1.04. The second-order valence-electron chi connectivity index (χ2n) is 7.43. The fourth-order valence-electron chi connectivity index (χ4n) is 4.09. The molecule has 3 rings (SSSR count). The van der Waals surface area contributed by atoms with Crippen LogP contribution in [0.3, 0.4) is 0 Å². The predicted octanol–water partition coefficient (Wildman–Crippen LogP) is 2.64. The number of nitrogens with zero attached hydrogens (tertiary/aromatic N) is 3. The Morgan fingerprint density at radius 2 is 1.76 bits per heavy atom. The molecule has 1 amide bonds. The number of piperidine rings is 1. The van der Waals surface area contributed by atoms with Crippen LogP contribution in [0.4, 0.5) is 0 Å². The zero-order valence-corrected chi connectivity index (χ0v) is 16.6. The quantitative estimate of drug-likeness (QED) is 0.824. The number of rotatable bonds is 4. The predicted molar refractivity (Wildman–Crippen MR) is 106 cm³/mol. The van der Waals surface area contributed by atoms with Crippen molar-refractivity contribution in [2.24, 2.45) is 0 Å². The van der Waals surface area contributed by atoms with Gasteiger partial charge in [-0.15, -0.1) is 0 Å². The summed E-state index contributed by atoms with van der Waals surface area (Å²) in [6, 6.07) is 8.76. The van der Waals surface area contributed by atoms with Gasteiger partial charge in [0.1, 0.15) is 6.04 Å². The van der Waals surface area contributed by atoms with Gasteiger partial charge in [0, 0.05) is 43.7 Å². The van der Waals surface area contributed by atoms with Crippen molar-refractivity contribution in [1.29, 1.82) is 0 Å². The van der Waals surface area contributed by atoms with Gasteiger partial charge < -0.3 is 4.90 Å². The molecule has 138 valence electrons. The van der Waals surface area contributed by atoms with Gasteiger partial charge in [-0.3, -0.25) is 14.6 Å². The molecule has 0 unspecified atom stereocenters. The van der Waals surface area contributed by atoms with Crippen molar-refractivity contribution in [2.75, 3.05) is 51.8 Å². The van der Waals surface area contributed by atoms with E-state index in [2.05, 4.69) is 45.5 Å². The monoisotopic (exact) mass is 361 g/mol. The average molecular weight is 362 g/mol. The van der Waals surface area contributed by atoms with E-state index in [1.165, 1.54) is 30.2 Å². The first-order chi connectivity index (χ1) is 12.1. The highest BCUT2D eigenvalue weighted by Crippen LogP contribution is 2.27. The molecule has 0 aromatic heterocycles. The van der Waals surface area contributed by atoms with Crippen LogP contribution >= 0.6 is 11.8 Å². The van der Waals surface area contributed by atoms with Crippen LogP contribution in [0.15, 0.2) is 24.3 Å². The van der Waals surface area contributed by atoms with E-state index in [9.17, 15) is 4.79 Å². The van der Waals surface area contributed by atoms with E-state index in [0.29, 0.717) is 6.04 Å². The minimum Gasteiger partial charge on any atom is -0.341 e. The lowest BCUT2D eigenvalue weighted by molar-refractivity contribution is -0.138. The number of carbonyl (C=O) groups excluding carboxylic acids is 1. The van der Waals surface area contributed by atoms with Crippen molar-refractivity contribution in [2.45, 2.75) is 31.8 Å². The zero-order valence-electron chi connectivity index (χ0n) is 15.8. The van der Waals surface area contributed by atoms with Crippen LogP contribution in [0.5, 0.6) is 0 Å². The molecule has 2 saturated heterocycles. The van der Waals surface area contributed by atoms with E-state index in [1.54, 1.807) is 0 Å². The van der Waals surface area contributed by atoms with Crippen molar-refractivity contribution in [3.05, 3.63) is 35.4 Å². The molecule has 0 spiro atoms. The smallest absolute Gasteiger partial charge is 0.244 e. The number of thioether (sulfide) groups is 1. The highest BCUT2D eigenvalue weighted by atomic mass is 32.2. The van der Waals surface area contributed by atoms with E-state index < -0.39 is 0 Å². The Bertz CT molecular complexity index is 578. The maximum absolute atomic E-state index is 13.2. The molecule has 1 aromatic rings. The molecule has 2 aliphatic rings. The van der Waals surface area contributed by atoms with E-state index in [4.69, 9.17) is 0 Å². The number of likely N-dealkylation sites (N-methyl/N-ethyl adjacent to an activating group) is 1. The number of likely N-dealkylation sites (tertiary alicyclic amines) is 1. The molecule has 0 bridgehead atoms. The molecule has 5 heteroatoms. The van der Waals surface area contributed by atoms with Gasteiger partial charge in [-0.25, -0.2) is 0 Å². The second kappa shape index (κ2) is 8.56. The lowest BCUT2D eigenvalue weighted by Gasteiger charge is -2.41. The Morgan fingerprint density at radius 1 is 1.12 bits per heavy atom. The third kappa shape index (κ3) is 4.39. The fourth-order valence-corrected chi connectivity index (χ4v) is 5.02. The first-order valence-corrected chi connectivity index (χ1v) is 10.6. The molecule has 0 aliphatic carbocycles. The largest absolute Gasteiger partial charge is 0.341 e. The van der Waals surface area contributed by atoms with E-state index in [1.807, 2.05) is 26.2 Å². The van der Waals surface area contributed by atoms with Crippen LogP contribution in [-0.2, 0) is 4.79 Å². The summed E-state index contributed by atoms with van der Waals surface area (Å²) in [5, 5.41) is 0. The molecule has 0 N–H and O–H groups in total. The summed E-state index contributed by atoms with van der Waals surface area (Å²) in [5.41, 5.74) is 2.32. The summed E-state index contributed by atoms with van der Waals surface area (Å²) in [6.45, 7) is 6.31. The molecule has 2 aliphatic heterocycles. The Kier molecular flexibility index (Phi) is 6.42. The van der Waals surface area contributed by atoms with Gasteiger partial charge >= 0.3 is 0 Å². The lowest BCUT2D eigenvalue weighted by Crippen LogP contribution is -2.51. The number of hydrogen-bond acceptors (Lipinski definition) is 4. The van der Waals surface area contributed by atoms with Gasteiger partial charge in [0.25, 0.3) is 0 Å². The number of carbonyl (C=O) groups is 1. The maximum atomic E-state index is 13.2. The highest BCUT2D eigenvalue weighted by molar-refractivity contribution is 7.99. The lowest BCUT2D eigenvalue weighted by atomic mass is 9.97. The second-order valence-corrected chi connectivity index (χ2v) is 8.65. The minimum absolute atomic E-state index is 0.177. The van der Waals surface area contributed by atoms with Crippen LogP contribution in [0, 0.1) is 6.92 Å². The number of benzene rings is 1. The topological polar surface area (TPSA) is 26.8 Å². The summed E-state index contributed by atoms with van der Waals surface area (Å²) in [7, 11) is 4.01. The van der Waals surface area contributed by atoms with Crippen molar-refractivity contribution in [3.63, 3.8) is 0 Å². The Morgan fingerprint density at radius 3 is 2.36 bits per heavy atom. The van der Waals surface area contributed by atoms with E-state index in [-0.39, 0.29) is 11.9 Å². The zero-order chi connectivity index (χ0) is 17.8. The molecule has 2 heterocycles. The van der Waals surface area contributed by atoms with Gasteiger partial charge in [-0.2, -0.15) is 11.8 Å². The van der Waals surface area contributed by atoms with Crippen molar-refractivity contribution >= 4 is 17.7 Å². The third-order valence-electron chi connectivity index (χ3n) is 5.57. The molecule has 2 fully saturated rings. The van der Waals surface area contributed by atoms with Crippen molar-refractivity contribution in [3.8, 4) is 0 Å². The number of aryl methyl sites for hydroxylation is 1. The summed E-state index contributed by atoms with van der Waals surface area (Å²) in [4.78, 5) is 20.0. The third-order valence-corrected chi connectivity index (χ3v) is 6.51. The highest BCUT2D eigenvalue weighted by Gasteiger charge is 2.33. The molecular formula is C20H31N3OS. The molecule has 0 radical (unpaired) electrons. The Balaban J connectivity index is 1.65. The van der Waals surface area contributed by atoms with Crippen LogP contribution in [0.1, 0.15) is 30.0 Å². The van der Waals surface area contributed by atoms with Gasteiger partial charge in [0.15, 0.2) is 0 Å². The molecule has 25 heavy (non-hydrogen) atoms. The summed E-state index contributed by atoms with van der Waals surface area (Å²) in [5.74, 6) is 2.77. The van der Waals surface area contributed by atoms with Gasteiger partial charge in [0.05, 0.1) is 0 Å². The van der Waals surface area contributed by atoms with Gasteiger partial charge in [-0.1, -0.05) is 24.3 Å².